The fourth-order valence-corrected chi connectivity index (χ4v) is 2.31. The van der Waals surface area contributed by atoms with Crippen LogP contribution in [0.3, 0.4) is 0 Å². The second-order valence-corrected chi connectivity index (χ2v) is 5.75. The minimum atomic E-state index is -0.612. The van der Waals surface area contributed by atoms with Crippen LogP contribution in [0.2, 0.25) is 0 Å². The van der Waals surface area contributed by atoms with Gasteiger partial charge in [0.05, 0.1) is 7.11 Å². The Labute approximate surface area is 153 Å². The van der Waals surface area contributed by atoms with Crippen LogP contribution in [0.15, 0.2) is 84.7 Å². The number of ether oxygens (including phenoxy) is 1. The number of methoxy groups -OCH3 is 1. The molecule has 0 unspecified atom stereocenters. The Morgan fingerprint density at radius 2 is 1.65 bits per heavy atom. The van der Waals surface area contributed by atoms with Crippen molar-refractivity contribution < 1.29 is 14.3 Å². The quantitative estimate of drug-likeness (QED) is 0.468. The largest absolute Gasteiger partial charge is 0.464 e. The number of esters is 1. The number of anilines is 1. The number of rotatable bonds is 7. The topological polar surface area (TPSA) is 58.6 Å². The van der Waals surface area contributed by atoms with Crippen molar-refractivity contribution in [1.29, 1.82) is 0 Å². The molecule has 1 N–H and O–H groups in total. The van der Waals surface area contributed by atoms with Crippen molar-refractivity contribution in [3.63, 3.8) is 0 Å². The molecule has 0 aromatic heterocycles. The molecule has 26 heavy (non-hydrogen) atoms. The van der Waals surface area contributed by atoms with E-state index in [0.717, 1.165) is 11.3 Å². The van der Waals surface area contributed by atoms with Gasteiger partial charge in [0.1, 0.15) is 5.70 Å². The molecule has 5 nitrogen and oxygen atoms in total. The lowest BCUT2D eigenvalue weighted by atomic mass is 10.1. The number of amides is 1. The van der Waals surface area contributed by atoms with Crippen LogP contribution >= 0.6 is 0 Å². The molecule has 0 atom stereocenters. The second kappa shape index (κ2) is 9.22. The molecule has 0 saturated carbocycles. The van der Waals surface area contributed by atoms with Crippen LogP contribution in [-0.2, 0) is 9.53 Å². The van der Waals surface area contributed by atoms with E-state index in [0.29, 0.717) is 5.56 Å². The molecule has 1 amide bonds. The summed E-state index contributed by atoms with van der Waals surface area (Å²) in [7, 11) is 1.28. The first-order valence-electron chi connectivity index (χ1n) is 8.14. The molecule has 0 aliphatic heterocycles. The average Bonchev–Trinajstić information content (AvgIpc) is 2.67. The van der Waals surface area contributed by atoms with Gasteiger partial charge in [0.2, 0.25) is 0 Å². The Bertz CT molecular complexity index is 799. The standard InChI is InChI=1S/C21H22N2O3/c1-16(2)15-23(20(24)17-10-6-4-7-11-17)19(21(25)26-3)14-22-18-12-8-5-9-13-18/h4-14,22H,1,15H2,2-3H3/b19-14-. The predicted octanol–water partition coefficient (Wildman–Crippen LogP) is 3.83. The summed E-state index contributed by atoms with van der Waals surface area (Å²) in [6, 6.07) is 18.1. The summed E-state index contributed by atoms with van der Waals surface area (Å²) in [4.78, 5) is 26.7. The van der Waals surface area contributed by atoms with Crippen molar-refractivity contribution in [2.45, 2.75) is 6.92 Å². The summed E-state index contributed by atoms with van der Waals surface area (Å²) in [5, 5.41) is 3.03. The third-order valence-corrected chi connectivity index (χ3v) is 3.53. The molecule has 0 bridgehead atoms. The van der Waals surface area contributed by atoms with Crippen LogP contribution in [0.4, 0.5) is 5.69 Å². The number of carbonyl (C=O) groups excluding carboxylic acids is 2. The fraction of sp³-hybridized carbons (Fsp3) is 0.143. The zero-order valence-electron chi connectivity index (χ0n) is 14.9. The maximum Gasteiger partial charge on any atom is 0.356 e. The number of hydrogen-bond donors (Lipinski definition) is 1. The SMILES string of the molecule is C=C(C)CN(C(=O)c1ccccc1)/C(=C\Nc1ccccc1)C(=O)OC. The summed E-state index contributed by atoms with van der Waals surface area (Å²) in [5.41, 5.74) is 2.11. The van der Waals surface area contributed by atoms with E-state index in [-0.39, 0.29) is 18.1 Å². The summed E-state index contributed by atoms with van der Waals surface area (Å²) in [6.45, 7) is 5.86. The lowest BCUT2D eigenvalue weighted by Crippen LogP contribution is -2.36. The van der Waals surface area contributed by atoms with Gasteiger partial charge in [-0.3, -0.25) is 9.69 Å². The zero-order chi connectivity index (χ0) is 18.9. The van der Waals surface area contributed by atoms with Crippen molar-refractivity contribution >= 4 is 17.6 Å². The van der Waals surface area contributed by atoms with E-state index in [1.54, 1.807) is 31.2 Å². The molecule has 134 valence electrons. The highest BCUT2D eigenvalue weighted by molar-refractivity contribution is 6.01. The maximum absolute atomic E-state index is 13.0. The van der Waals surface area contributed by atoms with Gasteiger partial charge in [0.15, 0.2) is 0 Å². The van der Waals surface area contributed by atoms with E-state index in [2.05, 4.69) is 11.9 Å². The van der Waals surface area contributed by atoms with E-state index < -0.39 is 5.97 Å². The maximum atomic E-state index is 13.0. The molecule has 0 spiro atoms. The lowest BCUT2D eigenvalue weighted by molar-refractivity contribution is -0.137. The summed E-state index contributed by atoms with van der Waals surface area (Å²) in [6.07, 6.45) is 1.48. The van der Waals surface area contributed by atoms with Gasteiger partial charge in [0, 0.05) is 24.0 Å². The van der Waals surface area contributed by atoms with Crippen LogP contribution in [-0.4, -0.2) is 30.4 Å². The molecule has 0 fully saturated rings. The smallest absolute Gasteiger partial charge is 0.356 e. The van der Waals surface area contributed by atoms with Crippen molar-refractivity contribution in [2.75, 3.05) is 19.0 Å². The van der Waals surface area contributed by atoms with Crippen LogP contribution in [0.25, 0.3) is 0 Å². The first kappa shape index (κ1) is 19.0. The third kappa shape index (κ3) is 5.08. The van der Waals surface area contributed by atoms with Crippen molar-refractivity contribution in [1.82, 2.24) is 4.90 Å². The van der Waals surface area contributed by atoms with E-state index >= 15 is 0 Å². The number of benzene rings is 2. The van der Waals surface area contributed by atoms with Crippen LogP contribution in [0, 0.1) is 0 Å². The Hall–Kier alpha value is -3.34. The third-order valence-electron chi connectivity index (χ3n) is 3.53. The highest BCUT2D eigenvalue weighted by atomic mass is 16.5. The number of nitrogens with one attached hydrogen (secondary N) is 1. The van der Waals surface area contributed by atoms with E-state index in [9.17, 15) is 9.59 Å². The molecular weight excluding hydrogens is 328 g/mol. The Kier molecular flexibility index (Phi) is 6.74. The van der Waals surface area contributed by atoms with Gasteiger partial charge in [-0.05, 0) is 31.2 Å². The van der Waals surface area contributed by atoms with Gasteiger partial charge >= 0.3 is 5.97 Å². The van der Waals surface area contributed by atoms with Gasteiger partial charge in [0.25, 0.3) is 5.91 Å². The number of nitrogens with zero attached hydrogens (tertiary/aromatic N) is 1. The second-order valence-electron chi connectivity index (χ2n) is 5.75. The highest BCUT2D eigenvalue weighted by Crippen LogP contribution is 2.16. The van der Waals surface area contributed by atoms with Gasteiger partial charge < -0.3 is 10.1 Å². The number of hydrogen-bond acceptors (Lipinski definition) is 4. The minimum Gasteiger partial charge on any atom is -0.464 e. The summed E-state index contributed by atoms with van der Waals surface area (Å²) < 4.78 is 4.88. The van der Waals surface area contributed by atoms with Gasteiger partial charge in [-0.2, -0.15) is 0 Å². The van der Waals surface area contributed by atoms with Crippen LogP contribution < -0.4 is 5.32 Å². The molecule has 0 saturated heterocycles. The fourth-order valence-electron chi connectivity index (χ4n) is 2.31. The van der Waals surface area contributed by atoms with E-state index in [1.165, 1.54) is 18.2 Å². The molecule has 0 aliphatic rings. The minimum absolute atomic E-state index is 0.105. The normalized spacial score (nSPS) is 10.8. The van der Waals surface area contributed by atoms with Gasteiger partial charge in [-0.1, -0.05) is 48.6 Å². The van der Waals surface area contributed by atoms with Gasteiger partial charge in [-0.15, -0.1) is 0 Å². The molecule has 2 aromatic rings. The number of para-hydroxylation sites is 1. The molecular formula is C21H22N2O3. The van der Waals surface area contributed by atoms with Crippen molar-refractivity contribution in [2.24, 2.45) is 0 Å². The number of carbonyl (C=O) groups is 2. The summed E-state index contributed by atoms with van der Waals surface area (Å²) >= 11 is 0. The molecule has 0 aliphatic carbocycles. The average molecular weight is 350 g/mol. The zero-order valence-corrected chi connectivity index (χ0v) is 14.9. The highest BCUT2D eigenvalue weighted by Gasteiger charge is 2.25. The Morgan fingerprint density at radius 3 is 2.19 bits per heavy atom. The van der Waals surface area contributed by atoms with E-state index in [1.807, 2.05) is 36.4 Å². The molecule has 5 heteroatoms. The first-order chi connectivity index (χ1) is 12.5. The Morgan fingerprint density at radius 1 is 1.08 bits per heavy atom. The lowest BCUT2D eigenvalue weighted by Gasteiger charge is -2.24. The predicted molar refractivity (Wildman–Crippen MR) is 102 cm³/mol. The molecule has 0 heterocycles. The van der Waals surface area contributed by atoms with E-state index in [4.69, 9.17) is 4.74 Å². The van der Waals surface area contributed by atoms with Crippen molar-refractivity contribution in [3.8, 4) is 0 Å². The molecule has 2 rings (SSSR count). The first-order valence-corrected chi connectivity index (χ1v) is 8.14. The monoisotopic (exact) mass is 350 g/mol. The van der Waals surface area contributed by atoms with Crippen LogP contribution in [0.5, 0.6) is 0 Å². The Balaban J connectivity index is 2.39. The molecule has 2 aromatic carbocycles. The van der Waals surface area contributed by atoms with Gasteiger partial charge in [-0.25, -0.2) is 4.79 Å². The van der Waals surface area contributed by atoms with Crippen molar-refractivity contribution in [3.05, 3.63) is 90.3 Å². The van der Waals surface area contributed by atoms with Crippen LogP contribution in [0.1, 0.15) is 17.3 Å². The molecule has 0 radical (unpaired) electrons. The summed E-state index contributed by atoms with van der Waals surface area (Å²) in [5.74, 6) is -0.918.